The van der Waals surface area contributed by atoms with Crippen LogP contribution in [0.15, 0.2) is 23.3 Å². The molecule has 1 aromatic carbocycles. The Hall–Kier alpha value is -2.04. The molecule has 1 aliphatic carbocycles. The molecule has 2 aromatic rings. The first-order chi connectivity index (χ1) is 9.24. The second-order valence-electron chi connectivity index (χ2n) is 5.10. The highest BCUT2D eigenvalue weighted by atomic mass is 16.5. The monoisotopic (exact) mass is 259 g/mol. The van der Waals surface area contributed by atoms with E-state index in [0.717, 1.165) is 0 Å². The fraction of sp³-hybridized carbons (Fsp3) is 0.429. The van der Waals surface area contributed by atoms with Crippen molar-refractivity contribution < 1.29 is 4.74 Å². The molecule has 1 fully saturated rings. The molecule has 0 saturated heterocycles. The Bertz CT molecular complexity index is 645. The highest BCUT2D eigenvalue weighted by Crippen LogP contribution is 2.29. The summed E-state index contributed by atoms with van der Waals surface area (Å²) in [5.41, 5.74) is 6.85. The summed E-state index contributed by atoms with van der Waals surface area (Å²) < 4.78 is 5.79. The van der Waals surface area contributed by atoms with Crippen LogP contribution in [0.4, 0.5) is 5.69 Å². The van der Waals surface area contributed by atoms with Crippen LogP contribution >= 0.6 is 0 Å². The van der Waals surface area contributed by atoms with Crippen LogP contribution in [-0.4, -0.2) is 16.6 Å². The molecule has 1 aliphatic rings. The molecule has 1 aromatic heterocycles. The molecule has 0 unspecified atom stereocenters. The highest BCUT2D eigenvalue weighted by molar-refractivity contribution is 5.84. The number of nitrogens with zero attached hydrogens (tertiary/aromatic N) is 1. The van der Waals surface area contributed by atoms with E-state index in [2.05, 4.69) is 9.97 Å². The van der Waals surface area contributed by atoms with Crippen molar-refractivity contribution in [3.05, 3.63) is 28.8 Å². The molecule has 0 aliphatic heterocycles. The van der Waals surface area contributed by atoms with Gasteiger partial charge in [0.2, 0.25) is 0 Å². The average molecular weight is 259 g/mol. The molecule has 5 nitrogen and oxygen atoms in total. The summed E-state index contributed by atoms with van der Waals surface area (Å²) in [4.78, 5) is 18.3. The summed E-state index contributed by atoms with van der Waals surface area (Å²) in [6.07, 6.45) is 6.43. The van der Waals surface area contributed by atoms with Gasteiger partial charge in [-0.25, -0.2) is 4.98 Å². The van der Waals surface area contributed by atoms with Crippen LogP contribution in [0.25, 0.3) is 10.9 Å². The summed E-state index contributed by atoms with van der Waals surface area (Å²) in [6.45, 7) is 0.693. The van der Waals surface area contributed by atoms with Gasteiger partial charge >= 0.3 is 0 Å². The van der Waals surface area contributed by atoms with Crippen LogP contribution in [0.3, 0.4) is 0 Å². The molecule has 0 radical (unpaired) electrons. The molecular formula is C14H17N3O2. The summed E-state index contributed by atoms with van der Waals surface area (Å²) in [5, 5.41) is 0.494. The molecule has 0 spiro atoms. The van der Waals surface area contributed by atoms with Gasteiger partial charge in [-0.1, -0.05) is 12.8 Å². The number of anilines is 1. The fourth-order valence-corrected chi connectivity index (χ4v) is 2.62. The Morgan fingerprint density at radius 1 is 1.37 bits per heavy atom. The van der Waals surface area contributed by atoms with Gasteiger partial charge in [0.15, 0.2) is 0 Å². The van der Waals surface area contributed by atoms with Crippen molar-refractivity contribution in [3.63, 3.8) is 0 Å². The molecular weight excluding hydrogens is 242 g/mol. The van der Waals surface area contributed by atoms with Gasteiger partial charge in [0.1, 0.15) is 5.75 Å². The lowest BCUT2D eigenvalue weighted by atomic mass is 10.1. The van der Waals surface area contributed by atoms with E-state index in [9.17, 15) is 4.79 Å². The number of rotatable bonds is 3. The second kappa shape index (κ2) is 4.91. The van der Waals surface area contributed by atoms with Crippen molar-refractivity contribution >= 4 is 16.6 Å². The number of nitrogens with one attached hydrogen (secondary N) is 1. The lowest BCUT2D eigenvalue weighted by Crippen LogP contribution is -2.11. The van der Waals surface area contributed by atoms with E-state index >= 15 is 0 Å². The van der Waals surface area contributed by atoms with Crippen LogP contribution in [0.2, 0.25) is 0 Å². The van der Waals surface area contributed by atoms with Gasteiger partial charge in [0.05, 0.1) is 29.5 Å². The zero-order chi connectivity index (χ0) is 13.2. The van der Waals surface area contributed by atoms with Gasteiger partial charge in [-0.3, -0.25) is 4.79 Å². The quantitative estimate of drug-likeness (QED) is 0.827. The Labute approximate surface area is 110 Å². The number of hydrogen-bond acceptors (Lipinski definition) is 4. The molecule has 3 rings (SSSR count). The maximum atomic E-state index is 11.6. The van der Waals surface area contributed by atoms with Gasteiger partial charge in [-0.15, -0.1) is 0 Å². The van der Waals surface area contributed by atoms with Crippen LogP contribution in [0.5, 0.6) is 5.75 Å². The number of fused-ring (bicyclic) bond motifs is 1. The van der Waals surface area contributed by atoms with E-state index in [4.69, 9.17) is 10.5 Å². The summed E-state index contributed by atoms with van der Waals surface area (Å²) in [7, 11) is 0. The van der Waals surface area contributed by atoms with Crippen molar-refractivity contribution in [3.8, 4) is 5.75 Å². The zero-order valence-electron chi connectivity index (χ0n) is 10.7. The van der Waals surface area contributed by atoms with Gasteiger partial charge in [0.25, 0.3) is 5.56 Å². The van der Waals surface area contributed by atoms with Crippen molar-refractivity contribution in [1.82, 2.24) is 9.97 Å². The normalized spacial score (nSPS) is 16.0. The molecule has 0 atom stereocenters. The molecule has 19 heavy (non-hydrogen) atoms. The smallest absolute Gasteiger partial charge is 0.258 e. The highest BCUT2D eigenvalue weighted by Gasteiger charge is 2.16. The number of aromatic amines is 1. The number of nitrogen functional groups attached to an aromatic ring is 1. The molecule has 1 saturated carbocycles. The van der Waals surface area contributed by atoms with Crippen LogP contribution in [0.1, 0.15) is 25.7 Å². The van der Waals surface area contributed by atoms with Crippen LogP contribution in [0, 0.1) is 5.92 Å². The van der Waals surface area contributed by atoms with E-state index < -0.39 is 0 Å². The van der Waals surface area contributed by atoms with Gasteiger partial charge in [0, 0.05) is 6.07 Å². The third-order valence-corrected chi connectivity index (χ3v) is 3.72. The third-order valence-electron chi connectivity index (χ3n) is 3.72. The molecule has 0 amide bonds. The predicted molar refractivity (Wildman–Crippen MR) is 74.2 cm³/mol. The first kappa shape index (κ1) is 12.0. The lowest BCUT2D eigenvalue weighted by molar-refractivity contribution is 0.253. The minimum absolute atomic E-state index is 0.181. The molecule has 100 valence electrons. The average Bonchev–Trinajstić information content (AvgIpc) is 2.91. The molecule has 3 N–H and O–H groups in total. The van der Waals surface area contributed by atoms with E-state index in [-0.39, 0.29) is 5.56 Å². The number of hydrogen-bond donors (Lipinski definition) is 2. The van der Waals surface area contributed by atoms with Gasteiger partial charge in [-0.05, 0) is 24.8 Å². The van der Waals surface area contributed by atoms with E-state index in [1.54, 1.807) is 12.1 Å². The third kappa shape index (κ3) is 2.41. The first-order valence-corrected chi connectivity index (χ1v) is 6.64. The topological polar surface area (TPSA) is 81.0 Å². The van der Waals surface area contributed by atoms with E-state index in [1.807, 2.05) is 0 Å². The number of ether oxygens (including phenoxy) is 1. The Balaban J connectivity index is 1.86. The first-order valence-electron chi connectivity index (χ1n) is 6.64. The number of H-pyrrole nitrogens is 1. The predicted octanol–water partition coefficient (Wildman–Crippen LogP) is 2.07. The minimum atomic E-state index is -0.181. The Kier molecular flexibility index (Phi) is 3.11. The summed E-state index contributed by atoms with van der Waals surface area (Å²) in [5.74, 6) is 1.25. The molecule has 0 bridgehead atoms. The maximum absolute atomic E-state index is 11.6. The SMILES string of the molecule is Nc1cc2c(=O)[nH]cnc2cc1OCC1CCCC1. The minimum Gasteiger partial charge on any atom is -0.491 e. The fourth-order valence-electron chi connectivity index (χ4n) is 2.62. The largest absolute Gasteiger partial charge is 0.491 e. The van der Waals surface area contributed by atoms with Crippen molar-refractivity contribution in [2.75, 3.05) is 12.3 Å². The van der Waals surface area contributed by atoms with Crippen molar-refractivity contribution in [1.29, 1.82) is 0 Å². The van der Waals surface area contributed by atoms with E-state index in [0.29, 0.717) is 34.9 Å². The van der Waals surface area contributed by atoms with Crippen molar-refractivity contribution in [2.24, 2.45) is 5.92 Å². The number of benzene rings is 1. The zero-order valence-corrected chi connectivity index (χ0v) is 10.7. The van der Waals surface area contributed by atoms with Gasteiger partial charge < -0.3 is 15.5 Å². The maximum Gasteiger partial charge on any atom is 0.258 e. The lowest BCUT2D eigenvalue weighted by Gasteiger charge is -2.13. The second-order valence-corrected chi connectivity index (χ2v) is 5.10. The molecule has 1 heterocycles. The Morgan fingerprint density at radius 2 is 2.16 bits per heavy atom. The van der Waals surface area contributed by atoms with Crippen molar-refractivity contribution in [2.45, 2.75) is 25.7 Å². The number of nitrogens with two attached hydrogens (primary N) is 1. The molecule has 5 heteroatoms. The summed E-state index contributed by atoms with van der Waals surface area (Å²) in [6, 6.07) is 3.38. The van der Waals surface area contributed by atoms with Gasteiger partial charge in [-0.2, -0.15) is 0 Å². The van der Waals surface area contributed by atoms with Crippen LogP contribution in [-0.2, 0) is 0 Å². The standard InChI is InChI=1S/C14H17N3O2/c15-11-5-10-12(16-8-17-14(10)18)6-13(11)19-7-9-3-1-2-4-9/h5-6,8-9H,1-4,7,15H2,(H,16,17,18). The number of aromatic nitrogens is 2. The van der Waals surface area contributed by atoms with Crippen LogP contribution < -0.4 is 16.0 Å². The summed E-state index contributed by atoms with van der Waals surface area (Å²) >= 11 is 0. The van der Waals surface area contributed by atoms with E-state index in [1.165, 1.54) is 32.0 Å². The Morgan fingerprint density at radius 3 is 2.95 bits per heavy atom.